The van der Waals surface area contributed by atoms with E-state index in [1.165, 1.54) is 0 Å². The fraction of sp³-hybridized carbons (Fsp3) is 0.684. The molecular weight excluding hydrogens is 376 g/mol. The molecule has 3 heterocycles. The molecule has 3 fully saturated rings. The molecule has 0 unspecified atom stereocenters. The van der Waals surface area contributed by atoms with Crippen molar-refractivity contribution in [3.63, 3.8) is 0 Å². The maximum atomic E-state index is 12.7. The van der Waals surface area contributed by atoms with Gasteiger partial charge in [-0.25, -0.2) is 4.79 Å². The second-order valence-electron chi connectivity index (χ2n) is 8.23. The number of aromatic nitrogens is 1. The van der Waals surface area contributed by atoms with Gasteiger partial charge in [-0.2, -0.15) is 5.01 Å². The minimum absolute atomic E-state index is 0.154. The molecule has 4 rings (SSSR count). The Bertz CT molecular complexity index is 779. The molecule has 0 radical (unpaired) electrons. The first-order chi connectivity index (χ1) is 13.9. The summed E-state index contributed by atoms with van der Waals surface area (Å²) in [4.78, 5) is 41.7. The lowest BCUT2D eigenvalue weighted by Gasteiger charge is -2.34. The van der Waals surface area contributed by atoms with Crippen LogP contribution in [0.2, 0.25) is 0 Å². The van der Waals surface area contributed by atoms with E-state index in [2.05, 4.69) is 20.8 Å². The molecule has 1 aromatic heterocycles. The Morgan fingerprint density at radius 2 is 1.86 bits per heavy atom. The molecule has 0 aromatic carbocycles. The monoisotopic (exact) mass is 404 g/mol. The highest BCUT2D eigenvalue weighted by Gasteiger charge is 2.52. The van der Waals surface area contributed by atoms with Crippen LogP contribution in [0, 0.1) is 6.92 Å². The van der Waals surface area contributed by atoms with Gasteiger partial charge in [0.25, 0.3) is 11.8 Å². The van der Waals surface area contributed by atoms with Gasteiger partial charge in [-0.15, -0.1) is 0 Å². The van der Waals surface area contributed by atoms with Crippen molar-refractivity contribution in [2.24, 2.45) is 0 Å². The third-order valence-electron chi connectivity index (χ3n) is 6.00. The Labute approximate surface area is 169 Å². The highest BCUT2D eigenvalue weighted by Crippen LogP contribution is 2.32. The summed E-state index contributed by atoms with van der Waals surface area (Å²) in [7, 11) is 0. The van der Waals surface area contributed by atoms with Crippen LogP contribution in [0.25, 0.3) is 0 Å². The molecule has 1 aromatic rings. The molecular formula is C19H28N6O4. The average Bonchev–Trinajstić information content (AvgIpc) is 3.20. The molecule has 2 aliphatic heterocycles. The normalized spacial score (nSPS) is 22.9. The summed E-state index contributed by atoms with van der Waals surface area (Å²) in [6, 6.07) is 1.40. The van der Waals surface area contributed by atoms with Crippen LogP contribution in [0.15, 0.2) is 10.6 Å². The van der Waals surface area contributed by atoms with Crippen LogP contribution in [0.5, 0.6) is 0 Å². The zero-order valence-corrected chi connectivity index (χ0v) is 16.8. The van der Waals surface area contributed by atoms with Gasteiger partial charge in [0.15, 0.2) is 0 Å². The summed E-state index contributed by atoms with van der Waals surface area (Å²) >= 11 is 0. The lowest BCUT2D eigenvalue weighted by Crippen LogP contribution is -2.54. The quantitative estimate of drug-likeness (QED) is 0.683. The van der Waals surface area contributed by atoms with Crippen molar-refractivity contribution in [1.29, 1.82) is 0 Å². The van der Waals surface area contributed by atoms with E-state index in [4.69, 9.17) is 4.52 Å². The number of carbonyl (C=O) groups is 3. The number of amides is 4. The SMILES string of the molecule is Cc1cc(CN2CCN(CC(=O)NN3C(=O)NC4(CCCCC4)C3=O)CC2)no1. The molecule has 1 saturated carbocycles. The van der Waals surface area contributed by atoms with E-state index in [0.717, 1.165) is 68.4 Å². The van der Waals surface area contributed by atoms with E-state index < -0.39 is 11.6 Å². The largest absolute Gasteiger partial charge is 0.361 e. The summed E-state index contributed by atoms with van der Waals surface area (Å²) in [5.74, 6) is 0.121. The van der Waals surface area contributed by atoms with Crippen LogP contribution in [-0.4, -0.2) is 76.1 Å². The molecule has 0 atom stereocenters. The number of piperazine rings is 1. The Morgan fingerprint density at radius 3 is 2.52 bits per heavy atom. The van der Waals surface area contributed by atoms with Crippen molar-refractivity contribution < 1.29 is 18.9 Å². The molecule has 29 heavy (non-hydrogen) atoms. The second-order valence-corrected chi connectivity index (χ2v) is 8.23. The van der Waals surface area contributed by atoms with E-state index in [1.807, 2.05) is 17.9 Å². The minimum Gasteiger partial charge on any atom is -0.361 e. The summed E-state index contributed by atoms with van der Waals surface area (Å²) in [5.41, 5.74) is 2.59. The van der Waals surface area contributed by atoms with E-state index >= 15 is 0 Å². The van der Waals surface area contributed by atoms with Gasteiger partial charge in [0.1, 0.15) is 11.3 Å². The first-order valence-electron chi connectivity index (χ1n) is 10.3. The lowest BCUT2D eigenvalue weighted by molar-refractivity contribution is -0.140. The number of rotatable bonds is 5. The number of nitrogens with zero attached hydrogens (tertiary/aromatic N) is 4. The molecule has 10 nitrogen and oxygen atoms in total. The third-order valence-corrected chi connectivity index (χ3v) is 6.00. The van der Waals surface area contributed by atoms with Gasteiger partial charge >= 0.3 is 6.03 Å². The van der Waals surface area contributed by atoms with Gasteiger partial charge in [0.05, 0.1) is 12.2 Å². The van der Waals surface area contributed by atoms with Crippen LogP contribution < -0.4 is 10.7 Å². The standard InChI is InChI=1S/C19H28N6O4/c1-14-11-15(22-29-14)12-23-7-9-24(10-8-23)13-16(26)21-25-17(27)19(20-18(25)28)5-3-2-4-6-19/h11H,2-10,12-13H2,1H3,(H,20,28)(H,21,26). The molecule has 4 amide bonds. The number of carbonyl (C=O) groups excluding carboxylic acids is 3. The van der Waals surface area contributed by atoms with E-state index in [1.54, 1.807) is 0 Å². The second kappa shape index (κ2) is 8.11. The first kappa shape index (κ1) is 19.8. The maximum Gasteiger partial charge on any atom is 0.344 e. The van der Waals surface area contributed by atoms with Gasteiger partial charge in [0.2, 0.25) is 0 Å². The van der Waals surface area contributed by atoms with Crippen molar-refractivity contribution in [3.8, 4) is 0 Å². The number of urea groups is 1. The summed E-state index contributed by atoms with van der Waals surface area (Å²) in [6.07, 6.45) is 4.16. The number of nitrogens with one attached hydrogen (secondary N) is 2. The molecule has 0 bridgehead atoms. The van der Waals surface area contributed by atoms with E-state index in [0.29, 0.717) is 12.8 Å². The Morgan fingerprint density at radius 1 is 1.17 bits per heavy atom. The smallest absolute Gasteiger partial charge is 0.344 e. The van der Waals surface area contributed by atoms with Gasteiger partial charge in [-0.05, 0) is 19.8 Å². The van der Waals surface area contributed by atoms with Gasteiger partial charge in [-0.1, -0.05) is 24.4 Å². The Balaban J connectivity index is 1.24. The predicted octanol–water partition coefficient (Wildman–Crippen LogP) is 0.387. The van der Waals surface area contributed by atoms with Crippen LogP contribution in [0.1, 0.15) is 43.6 Å². The van der Waals surface area contributed by atoms with E-state index in [9.17, 15) is 14.4 Å². The molecule has 2 N–H and O–H groups in total. The first-order valence-corrected chi connectivity index (χ1v) is 10.3. The van der Waals surface area contributed by atoms with Crippen molar-refractivity contribution in [2.45, 2.75) is 51.1 Å². The zero-order valence-electron chi connectivity index (χ0n) is 16.8. The summed E-state index contributed by atoms with van der Waals surface area (Å²) < 4.78 is 5.10. The number of aryl methyl sites for hydroxylation is 1. The Kier molecular flexibility index (Phi) is 5.55. The lowest BCUT2D eigenvalue weighted by atomic mass is 9.82. The number of hydrogen-bond acceptors (Lipinski definition) is 7. The summed E-state index contributed by atoms with van der Waals surface area (Å²) in [5, 5.41) is 7.68. The van der Waals surface area contributed by atoms with Crippen molar-refractivity contribution in [3.05, 3.63) is 17.5 Å². The van der Waals surface area contributed by atoms with Crippen LogP contribution in [0.4, 0.5) is 4.79 Å². The fourth-order valence-electron chi connectivity index (χ4n) is 4.41. The minimum atomic E-state index is -0.826. The van der Waals surface area contributed by atoms with Crippen LogP contribution in [-0.2, 0) is 16.1 Å². The number of hydrogen-bond donors (Lipinski definition) is 2. The zero-order chi connectivity index (χ0) is 20.4. The van der Waals surface area contributed by atoms with Crippen molar-refractivity contribution >= 4 is 17.8 Å². The highest BCUT2D eigenvalue weighted by atomic mass is 16.5. The summed E-state index contributed by atoms with van der Waals surface area (Å²) in [6.45, 7) is 5.83. The number of imide groups is 1. The third kappa shape index (κ3) is 4.27. The molecule has 1 aliphatic carbocycles. The molecule has 158 valence electrons. The van der Waals surface area contributed by atoms with Gasteiger partial charge in [-0.3, -0.25) is 24.8 Å². The van der Waals surface area contributed by atoms with Gasteiger partial charge in [0, 0.05) is 38.8 Å². The van der Waals surface area contributed by atoms with Crippen molar-refractivity contribution in [1.82, 2.24) is 30.7 Å². The van der Waals surface area contributed by atoms with E-state index in [-0.39, 0.29) is 18.4 Å². The fourth-order valence-corrected chi connectivity index (χ4v) is 4.41. The molecule has 3 aliphatic rings. The van der Waals surface area contributed by atoms with Gasteiger partial charge < -0.3 is 9.84 Å². The maximum absolute atomic E-state index is 12.7. The Hall–Kier alpha value is -2.46. The number of hydrazine groups is 1. The highest BCUT2D eigenvalue weighted by molar-refractivity contribution is 6.08. The van der Waals surface area contributed by atoms with Crippen LogP contribution >= 0.6 is 0 Å². The van der Waals surface area contributed by atoms with Crippen LogP contribution in [0.3, 0.4) is 0 Å². The predicted molar refractivity (Wildman–Crippen MR) is 102 cm³/mol. The molecule has 1 spiro atoms. The average molecular weight is 404 g/mol. The molecule has 2 saturated heterocycles. The molecule has 10 heteroatoms. The topological polar surface area (TPSA) is 111 Å². The van der Waals surface area contributed by atoms with Crippen molar-refractivity contribution in [2.75, 3.05) is 32.7 Å².